The van der Waals surface area contributed by atoms with E-state index in [-0.39, 0.29) is 23.8 Å². The molecule has 4 atom stereocenters. The number of nitrogens with two attached hydrogens (primary N) is 1. The van der Waals surface area contributed by atoms with Crippen molar-refractivity contribution < 1.29 is 19.7 Å². The third-order valence-electron chi connectivity index (χ3n) is 6.22. The van der Waals surface area contributed by atoms with Crippen LogP contribution in [-0.2, 0) is 19.9 Å². The van der Waals surface area contributed by atoms with Crippen LogP contribution in [0.15, 0.2) is 48.5 Å². The maximum atomic E-state index is 13.4. The van der Waals surface area contributed by atoms with Crippen molar-refractivity contribution in [1.82, 2.24) is 0 Å². The normalized spacial score (nSPS) is 31.4. The zero-order valence-corrected chi connectivity index (χ0v) is 15.1. The predicted molar refractivity (Wildman–Crippen MR) is 98.8 cm³/mol. The van der Waals surface area contributed by atoms with Gasteiger partial charge in [-0.1, -0.05) is 35.9 Å². The Hall–Kier alpha value is -2.99. The molecule has 3 amide bonds. The Kier molecular flexibility index (Phi) is 3.16. The quantitative estimate of drug-likeness (QED) is 0.740. The molecule has 0 saturated carbocycles. The number of hydrogen-bond acceptors (Lipinski definition) is 3. The van der Waals surface area contributed by atoms with Gasteiger partial charge < -0.3 is 10.6 Å². The van der Waals surface area contributed by atoms with Crippen LogP contribution in [-0.4, -0.2) is 23.8 Å². The maximum absolute atomic E-state index is 13.4. The zero-order chi connectivity index (χ0) is 18.9. The average Bonchev–Trinajstić information content (AvgIpc) is 3.21. The second kappa shape index (κ2) is 5.27. The first-order valence-corrected chi connectivity index (χ1v) is 9.16. The highest BCUT2D eigenvalue weighted by Gasteiger charge is 2.73. The number of amides is 3. The third kappa shape index (κ3) is 1.91. The summed E-state index contributed by atoms with van der Waals surface area (Å²) in [6.45, 7) is 3.88. The first-order valence-electron chi connectivity index (χ1n) is 9.16. The fourth-order valence-electron chi connectivity index (χ4n) is 5.04. The highest BCUT2D eigenvalue weighted by atomic mass is 16.2. The van der Waals surface area contributed by atoms with Crippen molar-refractivity contribution in [2.45, 2.75) is 25.4 Å². The number of carbonyl (C=O) groups excluding carboxylic acids is 3. The number of para-hydroxylation sites is 1. The van der Waals surface area contributed by atoms with Crippen LogP contribution in [0.2, 0.25) is 0 Å². The van der Waals surface area contributed by atoms with Gasteiger partial charge in [0, 0.05) is 5.56 Å². The van der Waals surface area contributed by atoms with Crippen molar-refractivity contribution >= 4 is 29.1 Å². The maximum Gasteiger partial charge on any atom is 0.291 e. The number of benzene rings is 2. The highest BCUT2D eigenvalue weighted by Crippen LogP contribution is 2.49. The summed E-state index contributed by atoms with van der Waals surface area (Å²) in [5.74, 6) is -1.94. The molecule has 2 aromatic rings. The number of rotatable bonds is 1. The van der Waals surface area contributed by atoms with Crippen molar-refractivity contribution in [2.24, 2.45) is 11.8 Å². The van der Waals surface area contributed by atoms with E-state index in [2.05, 4.69) is 5.32 Å². The molecule has 0 bridgehead atoms. The summed E-state index contributed by atoms with van der Waals surface area (Å²) in [6.07, 6.45) is 0. The Labute approximate surface area is 156 Å². The molecule has 136 valence electrons. The lowest BCUT2D eigenvalue weighted by molar-refractivity contribution is -0.730. The first kappa shape index (κ1) is 16.2. The topological polar surface area (TPSA) is 83.1 Å². The third-order valence-corrected chi connectivity index (χ3v) is 6.22. The molecule has 0 unspecified atom stereocenters. The van der Waals surface area contributed by atoms with E-state index >= 15 is 0 Å². The van der Waals surface area contributed by atoms with E-state index < -0.39 is 17.4 Å². The Morgan fingerprint density at radius 2 is 1.70 bits per heavy atom. The molecule has 6 nitrogen and oxygen atoms in total. The van der Waals surface area contributed by atoms with Gasteiger partial charge in [0.25, 0.3) is 5.91 Å². The van der Waals surface area contributed by atoms with E-state index in [0.717, 1.165) is 16.8 Å². The summed E-state index contributed by atoms with van der Waals surface area (Å²) in [5.41, 5.74) is 2.06. The van der Waals surface area contributed by atoms with Gasteiger partial charge in [-0.25, -0.2) is 4.90 Å². The molecule has 2 saturated heterocycles. The Bertz CT molecular complexity index is 1000. The summed E-state index contributed by atoms with van der Waals surface area (Å²) in [7, 11) is 0. The summed E-state index contributed by atoms with van der Waals surface area (Å²) >= 11 is 0. The van der Waals surface area contributed by atoms with Gasteiger partial charge in [0.15, 0.2) is 0 Å². The van der Waals surface area contributed by atoms with Crippen molar-refractivity contribution in [3.8, 4) is 0 Å². The first-order chi connectivity index (χ1) is 12.9. The van der Waals surface area contributed by atoms with Crippen molar-refractivity contribution in [2.75, 3.05) is 10.2 Å². The minimum atomic E-state index is -1.08. The molecule has 6 heteroatoms. The number of carbonyl (C=O) groups is 3. The van der Waals surface area contributed by atoms with Gasteiger partial charge in [-0.05, 0) is 32.0 Å². The number of nitrogens with zero attached hydrogens (tertiary/aromatic N) is 1. The molecule has 5 rings (SSSR count). The molecule has 0 radical (unpaired) electrons. The molecule has 2 fully saturated rings. The Balaban J connectivity index is 1.66. The van der Waals surface area contributed by atoms with Gasteiger partial charge in [-0.2, -0.15) is 0 Å². The minimum Gasteiger partial charge on any atom is -0.326 e. The van der Waals surface area contributed by atoms with Gasteiger partial charge in [0.05, 0.1) is 17.4 Å². The van der Waals surface area contributed by atoms with Crippen LogP contribution in [0.25, 0.3) is 0 Å². The molecule has 27 heavy (non-hydrogen) atoms. The summed E-state index contributed by atoms with van der Waals surface area (Å²) in [6, 6.07) is 14.6. The predicted octanol–water partition coefficient (Wildman–Crippen LogP) is 0.914. The molecule has 0 aromatic heterocycles. The largest absolute Gasteiger partial charge is 0.326 e. The molecule has 2 aromatic carbocycles. The fraction of sp³-hybridized carbons (Fsp3) is 0.286. The van der Waals surface area contributed by atoms with E-state index in [0.29, 0.717) is 5.69 Å². The number of nitrogens with one attached hydrogen (secondary N) is 1. The number of fused-ring (bicyclic) bond motifs is 4. The van der Waals surface area contributed by atoms with E-state index in [1.54, 1.807) is 12.1 Å². The molecule has 3 N–H and O–H groups in total. The second-order valence-corrected chi connectivity index (χ2v) is 7.75. The Morgan fingerprint density at radius 3 is 2.44 bits per heavy atom. The monoisotopic (exact) mass is 362 g/mol. The van der Waals surface area contributed by atoms with Crippen molar-refractivity contribution in [3.63, 3.8) is 0 Å². The van der Waals surface area contributed by atoms with Gasteiger partial charge >= 0.3 is 0 Å². The Morgan fingerprint density at radius 1 is 1.00 bits per heavy atom. The number of aryl methyl sites for hydroxylation is 1. The van der Waals surface area contributed by atoms with Gasteiger partial charge in [-0.15, -0.1) is 0 Å². The summed E-state index contributed by atoms with van der Waals surface area (Å²) in [5, 5.41) is 4.82. The van der Waals surface area contributed by atoms with E-state index in [1.807, 2.05) is 55.6 Å². The molecule has 3 aliphatic rings. The number of quaternary nitrogens is 1. The smallest absolute Gasteiger partial charge is 0.291 e. The molecule has 0 aliphatic carbocycles. The van der Waals surface area contributed by atoms with E-state index in [4.69, 9.17) is 0 Å². The van der Waals surface area contributed by atoms with Gasteiger partial charge in [0.1, 0.15) is 11.8 Å². The van der Waals surface area contributed by atoms with E-state index in [9.17, 15) is 14.4 Å². The molecular weight excluding hydrogens is 342 g/mol. The van der Waals surface area contributed by atoms with Crippen molar-refractivity contribution in [1.29, 1.82) is 0 Å². The lowest BCUT2D eigenvalue weighted by Crippen LogP contribution is -2.98. The zero-order valence-electron chi connectivity index (χ0n) is 15.1. The summed E-state index contributed by atoms with van der Waals surface area (Å²) < 4.78 is 0. The SMILES string of the molecule is Cc1ccc(N2C(=O)[C@@H]3[C@H](C)[NH2+][C@@]4(C(=O)Nc5ccccc54)[C@@H]3C2=O)cc1. The van der Waals surface area contributed by atoms with Crippen LogP contribution in [0.3, 0.4) is 0 Å². The lowest BCUT2D eigenvalue weighted by atomic mass is 9.76. The van der Waals surface area contributed by atoms with Crippen LogP contribution in [0.5, 0.6) is 0 Å². The second-order valence-electron chi connectivity index (χ2n) is 7.75. The average molecular weight is 362 g/mol. The lowest BCUT2D eigenvalue weighted by Gasteiger charge is -2.25. The number of anilines is 2. The number of hydrogen-bond donors (Lipinski definition) is 2. The van der Waals surface area contributed by atoms with Crippen LogP contribution in [0.1, 0.15) is 18.1 Å². The fourth-order valence-corrected chi connectivity index (χ4v) is 5.04. The van der Waals surface area contributed by atoms with Crippen LogP contribution in [0.4, 0.5) is 11.4 Å². The van der Waals surface area contributed by atoms with Crippen LogP contribution >= 0.6 is 0 Å². The van der Waals surface area contributed by atoms with Gasteiger partial charge in [-0.3, -0.25) is 14.4 Å². The minimum absolute atomic E-state index is 0.168. The molecule has 3 heterocycles. The van der Waals surface area contributed by atoms with Gasteiger partial charge in [0.2, 0.25) is 17.4 Å². The molecule has 1 spiro atoms. The van der Waals surface area contributed by atoms with Crippen LogP contribution < -0.4 is 15.5 Å². The number of imide groups is 1. The van der Waals surface area contributed by atoms with Crippen LogP contribution in [0, 0.1) is 18.8 Å². The summed E-state index contributed by atoms with van der Waals surface area (Å²) in [4.78, 5) is 41.0. The highest BCUT2D eigenvalue weighted by molar-refractivity contribution is 6.25. The standard InChI is InChI=1S/C21H19N3O3/c1-11-7-9-13(10-8-11)24-18(25)16-12(2)23-21(17(16)19(24)26)14-5-3-4-6-15(14)22-20(21)27/h3-10,12,16-17,23H,1-2H3,(H,22,27)/p+1/t12-,16+,17-,21+/m0/s1. The molecule has 3 aliphatic heterocycles. The van der Waals surface area contributed by atoms with Crippen molar-refractivity contribution in [3.05, 3.63) is 59.7 Å². The van der Waals surface area contributed by atoms with E-state index in [1.165, 1.54) is 4.90 Å². The molecular formula is C21H20N3O3+.